The van der Waals surface area contributed by atoms with Gasteiger partial charge in [0.25, 0.3) is 0 Å². The Bertz CT molecular complexity index is 286. The summed E-state index contributed by atoms with van der Waals surface area (Å²) in [5.41, 5.74) is 2.54. The van der Waals surface area contributed by atoms with Crippen molar-refractivity contribution in [3.8, 4) is 0 Å². The SMILES string of the molecule is C=C[C@@H]1O[C@@H]1c1ccc(C)cc1. The maximum Gasteiger partial charge on any atom is 0.113 e. The summed E-state index contributed by atoms with van der Waals surface area (Å²) in [4.78, 5) is 0. The summed E-state index contributed by atoms with van der Waals surface area (Å²) in [6, 6.07) is 8.45. The van der Waals surface area contributed by atoms with Gasteiger partial charge in [0.2, 0.25) is 0 Å². The number of epoxide rings is 1. The lowest BCUT2D eigenvalue weighted by atomic mass is 10.1. The van der Waals surface area contributed by atoms with Gasteiger partial charge in [0, 0.05) is 0 Å². The van der Waals surface area contributed by atoms with E-state index in [4.69, 9.17) is 4.74 Å². The van der Waals surface area contributed by atoms with Crippen LogP contribution in [0.25, 0.3) is 0 Å². The molecular formula is C11H12O. The molecule has 0 N–H and O–H groups in total. The van der Waals surface area contributed by atoms with E-state index in [2.05, 4.69) is 37.8 Å². The van der Waals surface area contributed by atoms with E-state index in [1.165, 1.54) is 11.1 Å². The van der Waals surface area contributed by atoms with Crippen molar-refractivity contribution in [3.63, 3.8) is 0 Å². The normalized spacial score (nSPS) is 26.8. The van der Waals surface area contributed by atoms with Gasteiger partial charge in [-0.25, -0.2) is 0 Å². The second-order valence-corrected chi connectivity index (χ2v) is 3.17. The fraction of sp³-hybridized carbons (Fsp3) is 0.273. The van der Waals surface area contributed by atoms with E-state index < -0.39 is 0 Å². The highest BCUT2D eigenvalue weighted by atomic mass is 16.6. The molecule has 0 radical (unpaired) electrons. The molecule has 1 aromatic carbocycles. The molecule has 1 aliphatic heterocycles. The highest BCUT2D eigenvalue weighted by molar-refractivity contribution is 5.27. The van der Waals surface area contributed by atoms with Crippen LogP contribution in [0.1, 0.15) is 17.2 Å². The fourth-order valence-corrected chi connectivity index (χ4v) is 1.33. The zero-order chi connectivity index (χ0) is 8.55. The average molecular weight is 160 g/mol. The number of hydrogen-bond donors (Lipinski definition) is 0. The number of aryl methyl sites for hydroxylation is 1. The van der Waals surface area contributed by atoms with Crippen LogP contribution >= 0.6 is 0 Å². The van der Waals surface area contributed by atoms with Crippen LogP contribution in [0.2, 0.25) is 0 Å². The van der Waals surface area contributed by atoms with Gasteiger partial charge in [0.15, 0.2) is 0 Å². The molecule has 62 valence electrons. The van der Waals surface area contributed by atoms with Crippen molar-refractivity contribution in [2.45, 2.75) is 19.1 Å². The Morgan fingerprint density at radius 2 is 2.00 bits per heavy atom. The van der Waals surface area contributed by atoms with E-state index in [1.54, 1.807) is 0 Å². The lowest BCUT2D eigenvalue weighted by molar-refractivity contribution is 0.394. The number of rotatable bonds is 2. The number of benzene rings is 1. The van der Waals surface area contributed by atoms with Gasteiger partial charge in [-0.3, -0.25) is 0 Å². The Hall–Kier alpha value is -1.08. The van der Waals surface area contributed by atoms with E-state index in [9.17, 15) is 0 Å². The zero-order valence-electron chi connectivity index (χ0n) is 7.16. The van der Waals surface area contributed by atoms with Crippen molar-refractivity contribution in [3.05, 3.63) is 48.0 Å². The van der Waals surface area contributed by atoms with Crippen molar-refractivity contribution >= 4 is 0 Å². The molecule has 0 unspecified atom stereocenters. The van der Waals surface area contributed by atoms with Crippen LogP contribution in [0, 0.1) is 6.92 Å². The molecule has 1 aliphatic rings. The van der Waals surface area contributed by atoms with Crippen LogP contribution in [-0.4, -0.2) is 6.10 Å². The monoisotopic (exact) mass is 160 g/mol. The largest absolute Gasteiger partial charge is 0.360 e. The van der Waals surface area contributed by atoms with Gasteiger partial charge >= 0.3 is 0 Å². The van der Waals surface area contributed by atoms with Crippen LogP contribution < -0.4 is 0 Å². The summed E-state index contributed by atoms with van der Waals surface area (Å²) in [5, 5.41) is 0. The first-order valence-corrected chi connectivity index (χ1v) is 4.16. The first-order valence-electron chi connectivity index (χ1n) is 4.16. The molecule has 1 aromatic rings. The van der Waals surface area contributed by atoms with Gasteiger partial charge in [-0.2, -0.15) is 0 Å². The van der Waals surface area contributed by atoms with Crippen LogP contribution in [0.3, 0.4) is 0 Å². The number of ether oxygens (including phenoxy) is 1. The second kappa shape index (κ2) is 2.76. The second-order valence-electron chi connectivity index (χ2n) is 3.17. The molecule has 0 bridgehead atoms. The zero-order valence-corrected chi connectivity index (χ0v) is 7.16. The van der Waals surface area contributed by atoms with Crippen LogP contribution in [0.15, 0.2) is 36.9 Å². The van der Waals surface area contributed by atoms with Gasteiger partial charge < -0.3 is 4.74 Å². The highest BCUT2D eigenvalue weighted by Crippen LogP contribution is 2.38. The minimum atomic E-state index is 0.243. The Labute approximate surface area is 72.7 Å². The molecule has 0 saturated carbocycles. The van der Waals surface area contributed by atoms with Crippen molar-refractivity contribution in [1.29, 1.82) is 0 Å². The minimum Gasteiger partial charge on any atom is -0.360 e. The van der Waals surface area contributed by atoms with E-state index in [-0.39, 0.29) is 12.2 Å². The standard InChI is InChI=1S/C11H12O/c1-3-10-11(12-10)9-6-4-8(2)5-7-9/h3-7,10-11H,1H2,2H3/t10-,11+/m0/s1. The van der Waals surface area contributed by atoms with Crippen molar-refractivity contribution in [1.82, 2.24) is 0 Å². The quantitative estimate of drug-likeness (QED) is 0.478. The van der Waals surface area contributed by atoms with Crippen LogP contribution in [0.4, 0.5) is 0 Å². The van der Waals surface area contributed by atoms with E-state index in [0.29, 0.717) is 0 Å². The van der Waals surface area contributed by atoms with Gasteiger partial charge in [0.05, 0.1) is 0 Å². The van der Waals surface area contributed by atoms with E-state index >= 15 is 0 Å². The summed E-state index contributed by atoms with van der Waals surface area (Å²) in [5.74, 6) is 0. The summed E-state index contributed by atoms with van der Waals surface area (Å²) in [6.45, 7) is 5.78. The molecule has 0 amide bonds. The lowest BCUT2D eigenvalue weighted by Gasteiger charge is -1.95. The van der Waals surface area contributed by atoms with E-state index in [1.807, 2.05) is 6.08 Å². The molecule has 12 heavy (non-hydrogen) atoms. The molecular weight excluding hydrogens is 148 g/mol. The maximum absolute atomic E-state index is 5.37. The van der Waals surface area contributed by atoms with Crippen LogP contribution in [-0.2, 0) is 4.74 Å². The van der Waals surface area contributed by atoms with Crippen molar-refractivity contribution in [2.24, 2.45) is 0 Å². The van der Waals surface area contributed by atoms with Crippen molar-refractivity contribution in [2.75, 3.05) is 0 Å². The first-order chi connectivity index (χ1) is 5.81. The summed E-state index contributed by atoms with van der Waals surface area (Å²) >= 11 is 0. The molecule has 1 nitrogen and oxygen atoms in total. The van der Waals surface area contributed by atoms with Crippen LogP contribution in [0.5, 0.6) is 0 Å². The predicted octanol–water partition coefficient (Wildman–Crippen LogP) is 2.62. The van der Waals surface area contributed by atoms with Gasteiger partial charge in [-0.1, -0.05) is 35.9 Å². The van der Waals surface area contributed by atoms with Gasteiger partial charge in [-0.15, -0.1) is 6.58 Å². The molecule has 1 fully saturated rings. The average Bonchev–Trinajstić information content (AvgIpc) is 2.85. The summed E-state index contributed by atoms with van der Waals surface area (Å²) in [7, 11) is 0. The summed E-state index contributed by atoms with van der Waals surface area (Å²) < 4.78 is 5.37. The topological polar surface area (TPSA) is 12.5 Å². The molecule has 1 heterocycles. The van der Waals surface area contributed by atoms with Gasteiger partial charge in [0.1, 0.15) is 12.2 Å². The third-order valence-corrected chi connectivity index (χ3v) is 2.16. The molecule has 1 heteroatoms. The predicted molar refractivity (Wildman–Crippen MR) is 49.0 cm³/mol. The molecule has 0 aliphatic carbocycles. The molecule has 1 saturated heterocycles. The highest BCUT2D eigenvalue weighted by Gasteiger charge is 2.37. The maximum atomic E-state index is 5.37. The molecule has 0 aromatic heterocycles. The minimum absolute atomic E-state index is 0.243. The Morgan fingerprint density at radius 3 is 2.50 bits per heavy atom. The third-order valence-electron chi connectivity index (χ3n) is 2.16. The molecule has 2 atom stereocenters. The summed E-state index contributed by atoms with van der Waals surface area (Å²) in [6.07, 6.45) is 2.36. The lowest BCUT2D eigenvalue weighted by Crippen LogP contribution is -1.83. The Morgan fingerprint density at radius 1 is 1.33 bits per heavy atom. The number of hydrogen-bond acceptors (Lipinski definition) is 1. The molecule has 0 spiro atoms. The smallest absolute Gasteiger partial charge is 0.113 e. The van der Waals surface area contributed by atoms with Crippen molar-refractivity contribution < 1.29 is 4.74 Å². The fourth-order valence-electron chi connectivity index (χ4n) is 1.33. The first kappa shape index (κ1) is 7.56. The van der Waals surface area contributed by atoms with E-state index in [0.717, 1.165) is 0 Å². The Kier molecular flexibility index (Phi) is 1.74. The molecule has 2 rings (SSSR count). The third kappa shape index (κ3) is 1.28. The van der Waals surface area contributed by atoms with Gasteiger partial charge in [-0.05, 0) is 12.5 Å². The Balaban J connectivity index is 2.15.